The molecule has 0 aromatic carbocycles. The molecule has 19 heavy (non-hydrogen) atoms. The standard InChI is InChI=1S/C13H22N2O4/c1-4-7-13(8-5-2)11(18)15(12(19)14-13)9(6-3)10(16)17/h9H,4-8H2,1-3H3,(H,14,19)(H,16,17). The summed E-state index contributed by atoms with van der Waals surface area (Å²) in [6.07, 6.45) is 2.80. The molecule has 1 rings (SSSR count). The van der Waals surface area contributed by atoms with Gasteiger partial charge in [-0.25, -0.2) is 14.5 Å². The van der Waals surface area contributed by atoms with Gasteiger partial charge in [0.05, 0.1) is 0 Å². The molecule has 0 spiro atoms. The number of carboxylic acids is 1. The lowest BCUT2D eigenvalue weighted by Crippen LogP contribution is -2.49. The average Bonchev–Trinajstić information content (AvgIpc) is 2.55. The van der Waals surface area contributed by atoms with E-state index in [0.717, 1.165) is 17.7 Å². The van der Waals surface area contributed by atoms with Crippen molar-refractivity contribution < 1.29 is 19.5 Å². The van der Waals surface area contributed by atoms with Gasteiger partial charge in [-0.3, -0.25) is 4.79 Å². The number of urea groups is 1. The molecule has 1 unspecified atom stereocenters. The molecule has 1 heterocycles. The lowest BCUT2D eigenvalue weighted by molar-refractivity contribution is -0.148. The first-order chi connectivity index (χ1) is 8.93. The highest BCUT2D eigenvalue weighted by Crippen LogP contribution is 2.29. The van der Waals surface area contributed by atoms with E-state index in [-0.39, 0.29) is 6.42 Å². The first-order valence-electron chi connectivity index (χ1n) is 6.82. The molecule has 1 aliphatic rings. The van der Waals surface area contributed by atoms with Gasteiger partial charge in [0.1, 0.15) is 11.6 Å². The maximum Gasteiger partial charge on any atom is 0.326 e. The van der Waals surface area contributed by atoms with Crippen LogP contribution in [0.25, 0.3) is 0 Å². The van der Waals surface area contributed by atoms with Crippen molar-refractivity contribution in [2.24, 2.45) is 0 Å². The fraction of sp³-hybridized carbons (Fsp3) is 0.769. The molecule has 108 valence electrons. The van der Waals surface area contributed by atoms with Crippen LogP contribution in [0.1, 0.15) is 52.9 Å². The monoisotopic (exact) mass is 270 g/mol. The predicted octanol–water partition coefficient (Wildman–Crippen LogP) is 1.74. The smallest absolute Gasteiger partial charge is 0.326 e. The van der Waals surface area contributed by atoms with Crippen molar-refractivity contribution in [3.05, 3.63) is 0 Å². The van der Waals surface area contributed by atoms with E-state index in [9.17, 15) is 14.4 Å². The van der Waals surface area contributed by atoms with Gasteiger partial charge in [0.25, 0.3) is 5.91 Å². The minimum absolute atomic E-state index is 0.211. The number of carboxylic acid groups (broad SMARTS) is 1. The second-order valence-corrected chi connectivity index (χ2v) is 4.95. The molecule has 1 fully saturated rings. The zero-order chi connectivity index (χ0) is 14.6. The van der Waals surface area contributed by atoms with Crippen molar-refractivity contribution in [1.29, 1.82) is 0 Å². The van der Waals surface area contributed by atoms with Gasteiger partial charge in [0.2, 0.25) is 0 Å². The number of carbonyl (C=O) groups is 3. The number of nitrogens with zero attached hydrogens (tertiary/aromatic N) is 1. The van der Waals surface area contributed by atoms with Gasteiger partial charge < -0.3 is 10.4 Å². The largest absolute Gasteiger partial charge is 0.480 e. The van der Waals surface area contributed by atoms with E-state index in [1.54, 1.807) is 6.92 Å². The van der Waals surface area contributed by atoms with Crippen molar-refractivity contribution in [3.8, 4) is 0 Å². The normalized spacial score (nSPS) is 19.4. The molecule has 1 saturated heterocycles. The van der Waals surface area contributed by atoms with Crippen LogP contribution in [0.4, 0.5) is 4.79 Å². The minimum Gasteiger partial charge on any atom is -0.480 e. The van der Waals surface area contributed by atoms with E-state index in [2.05, 4.69) is 5.32 Å². The Balaban J connectivity index is 3.08. The van der Waals surface area contributed by atoms with Crippen LogP contribution >= 0.6 is 0 Å². The van der Waals surface area contributed by atoms with E-state index in [0.29, 0.717) is 12.8 Å². The molecular formula is C13H22N2O4. The van der Waals surface area contributed by atoms with Gasteiger partial charge in [-0.05, 0) is 19.3 Å². The summed E-state index contributed by atoms with van der Waals surface area (Å²) < 4.78 is 0. The van der Waals surface area contributed by atoms with Crippen LogP contribution in [-0.4, -0.2) is 39.5 Å². The third-order valence-corrected chi connectivity index (χ3v) is 3.53. The van der Waals surface area contributed by atoms with E-state index >= 15 is 0 Å². The van der Waals surface area contributed by atoms with Crippen molar-refractivity contribution in [3.63, 3.8) is 0 Å². The fourth-order valence-corrected chi connectivity index (χ4v) is 2.71. The number of hydrogen-bond donors (Lipinski definition) is 2. The number of imide groups is 1. The Morgan fingerprint density at radius 1 is 1.26 bits per heavy atom. The average molecular weight is 270 g/mol. The second-order valence-electron chi connectivity index (χ2n) is 4.95. The van der Waals surface area contributed by atoms with Gasteiger partial charge in [0.15, 0.2) is 0 Å². The zero-order valence-corrected chi connectivity index (χ0v) is 11.7. The third-order valence-electron chi connectivity index (χ3n) is 3.53. The molecule has 6 heteroatoms. The maximum atomic E-state index is 12.5. The summed E-state index contributed by atoms with van der Waals surface area (Å²) in [6, 6.07) is -1.66. The van der Waals surface area contributed by atoms with Crippen LogP contribution in [0.2, 0.25) is 0 Å². The molecule has 2 N–H and O–H groups in total. The lowest BCUT2D eigenvalue weighted by Gasteiger charge is -2.27. The zero-order valence-electron chi connectivity index (χ0n) is 11.7. The molecule has 0 saturated carbocycles. The van der Waals surface area contributed by atoms with Gasteiger partial charge in [-0.15, -0.1) is 0 Å². The topological polar surface area (TPSA) is 86.7 Å². The quantitative estimate of drug-likeness (QED) is 0.690. The van der Waals surface area contributed by atoms with E-state index in [1.807, 2.05) is 13.8 Å². The molecule has 1 atom stereocenters. The Morgan fingerprint density at radius 2 is 1.79 bits per heavy atom. The van der Waals surface area contributed by atoms with Crippen molar-refractivity contribution in [2.75, 3.05) is 0 Å². The van der Waals surface area contributed by atoms with Gasteiger partial charge >= 0.3 is 12.0 Å². The van der Waals surface area contributed by atoms with Crippen LogP contribution in [0.5, 0.6) is 0 Å². The Kier molecular flexibility index (Phi) is 4.91. The molecular weight excluding hydrogens is 248 g/mol. The van der Waals surface area contributed by atoms with Crippen LogP contribution in [0.15, 0.2) is 0 Å². The summed E-state index contributed by atoms with van der Waals surface area (Å²) in [5.74, 6) is -1.54. The van der Waals surface area contributed by atoms with E-state index in [4.69, 9.17) is 5.11 Å². The van der Waals surface area contributed by atoms with E-state index < -0.39 is 29.5 Å². The third kappa shape index (κ3) is 2.72. The van der Waals surface area contributed by atoms with Crippen LogP contribution < -0.4 is 5.32 Å². The summed E-state index contributed by atoms with van der Waals surface area (Å²) >= 11 is 0. The number of nitrogens with one attached hydrogen (secondary N) is 1. The molecule has 3 amide bonds. The first-order valence-corrected chi connectivity index (χ1v) is 6.82. The SMILES string of the molecule is CCCC1(CCC)NC(=O)N(C(CC)C(=O)O)C1=O. The van der Waals surface area contributed by atoms with Crippen LogP contribution in [0, 0.1) is 0 Å². The molecule has 6 nitrogen and oxygen atoms in total. The molecule has 0 bridgehead atoms. The number of carbonyl (C=O) groups excluding carboxylic acids is 2. The van der Waals surface area contributed by atoms with Crippen molar-refractivity contribution in [2.45, 2.75) is 64.5 Å². The fourth-order valence-electron chi connectivity index (χ4n) is 2.71. The van der Waals surface area contributed by atoms with Crippen molar-refractivity contribution >= 4 is 17.9 Å². The number of hydrogen-bond acceptors (Lipinski definition) is 3. The predicted molar refractivity (Wildman–Crippen MR) is 69.6 cm³/mol. The number of aliphatic carboxylic acids is 1. The Bertz CT molecular complexity index is 375. The Morgan fingerprint density at radius 3 is 2.16 bits per heavy atom. The number of amides is 3. The highest BCUT2D eigenvalue weighted by Gasteiger charge is 2.52. The molecule has 0 radical (unpaired) electrons. The Hall–Kier alpha value is -1.59. The second kappa shape index (κ2) is 6.04. The summed E-state index contributed by atoms with van der Waals surface area (Å²) in [5, 5.41) is 11.8. The number of rotatable bonds is 7. The molecule has 0 aromatic rings. The summed E-state index contributed by atoms with van der Waals surface area (Å²) in [5.41, 5.74) is -0.913. The summed E-state index contributed by atoms with van der Waals surface area (Å²) in [7, 11) is 0. The van der Waals surface area contributed by atoms with Crippen LogP contribution in [-0.2, 0) is 9.59 Å². The minimum atomic E-state index is -1.14. The summed E-state index contributed by atoms with van der Waals surface area (Å²) in [4.78, 5) is 36.5. The van der Waals surface area contributed by atoms with Crippen LogP contribution in [0.3, 0.4) is 0 Å². The highest BCUT2D eigenvalue weighted by atomic mass is 16.4. The molecule has 0 aromatic heterocycles. The Labute approximate surface area is 113 Å². The summed E-state index contributed by atoms with van der Waals surface area (Å²) in [6.45, 7) is 5.53. The highest BCUT2D eigenvalue weighted by molar-refractivity contribution is 6.09. The maximum absolute atomic E-state index is 12.5. The van der Waals surface area contributed by atoms with Gasteiger partial charge in [-0.2, -0.15) is 0 Å². The van der Waals surface area contributed by atoms with Gasteiger partial charge in [-0.1, -0.05) is 33.6 Å². The van der Waals surface area contributed by atoms with Crippen molar-refractivity contribution in [1.82, 2.24) is 10.2 Å². The molecule has 1 aliphatic heterocycles. The lowest BCUT2D eigenvalue weighted by atomic mass is 9.88. The van der Waals surface area contributed by atoms with E-state index in [1.165, 1.54) is 0 Å². The molecule has 0 aliphatic carbocycles. The van der Waals surface area contributed by atoms with Gasteiger partial charge in [0, 0.05) is 0 Å². The first kappa shape index (κ1) is 15.5.